The number of nitrogens with one attached hydrogen (secondary N) is 1. The summed E-state index contributed by atoms with van der Waals surface area (Å²) >= 11 is 12.9. The Bertz CT molecular complexity index is 1420. The van der Waals surface area contributed by atoms with Crippen molar-refractivity contribution < 1.29 is 9.53 Å². The summed E-state index contributed by atoms with van der Waals surface area (Å²) in [4.78, 5) is 35.3. The Hall–Kier alpha value is -3.60. The molecule has 0 radical (unpaired) electrons. The van der Waals surface area contributed by atoms with Gasteiger partial charge in [-0.15, -0.1) is 0 Å². The largest absolute Gasteiger partial charge is 0.495 e. The summed E-state index contributed by atoms with van der Waals surface area (Å²) < 4.78 is 5.71. The zero-order valence-electron chi connectivity index (χ0n) is 21.0. The lowest BCUT2D eigenvalue weighted by Crippen LogP contribution is -2.51. The van der Waals surface area contributed by atoms with Gasteiger partial charge in [0.15, 0.2) is 5.82 Å². The molecule has 1 saturated heterocycles. The van der Waals surface area contributed by atoms with Crippen molar-refractivity contribution in [2.75, 3.05) is 73.4 Å². The third-order valence-electron chi connectivity index (χ3n) is 6.92. The van der Waals surface area contributed by atoms with E-state index in [-0.39, 0.29) is 5.91 Å². The van der Waals surface area contributed by atoms with Crippen molar-refractivity contribution in [1.29, 1.82) is 0 Å². The van der Waals surface area contributed by atoms with Crippen LogP contribution in [0.2, 0.25) is 10.0 Å². The molecule has 12 heteroatoms. The number of hydrogen-bond donors (Lipinski definition) is 1. The molecular weight excluding hydrogens is 527 g/mol. The number of benzene rings is 2. The van der Waals surface area contributed by atoms with E-state index in [2.05, 4.69) is 32.1 Å². The van der Waals surface area contributed by atoms with Crippen molar-refractivity contribution in [2.45, 2.75) is 0 Å². The van der Waals surface area contributed by atoms with Gasteiger partial charge in [0.1, 0.15) is 11.3 Å². The molecule has 0 aliphatic carbocycles. The highest BCUT2D eigenvalue weighted by atomic mass is 35.5. The second kappa shape index (κ2) is 9.94. The second-order valence-electron chi connectivity index (χ2n) is 9.28. The maximum absolute atomic E-state index is 13.6. The number of carbonyl (C=O) groups excluding carboxylic acids is 1. The van der Waals surface area contributed by atoms with Gasteiger partial charge in [-0.05, 0) is 31.3 Å². The molecule has 6 rings (SSSR count). The molecule has 0 saturated carbocycles. The Morgan fingerprint density at radius 2 is 1.79 bits per heavy atom. The number of ether oxygens (including phenoxy) is 1. The molecule has 0 spiro atoms. The molecule has 3 aromatic rings. The zero-order valence-corrected chi connectivity index (χ0v) is 22.5. The number of carbonyl (C=O) groups is 1. The highest BCUT2D eigenvalue weighted by Gasteiger charge is 2.41. The predicted octanol–water partition coefficient (Wildman–Crippen LogP) is 4.12. The number of anilines is 5. The first-order valence-corrected chi connectivity index (χ1v) is 13.1. The fourth-order valence-corrected chi connectivity index (χ4v) is 5.49. The van der Waals surface area contributed by atoms with Crippen LogP contribution in [0.5, 0.6) is 5.75 Å². The van der Waals surface area contributed by atoms with E-state index in [9.17, 15) is 4.79 Å². The van der Waals surface area contributed by atoms with Crippen LogP contribution in [0.4, 0.5) is 28.8 Å². The number of amides is 1. The molecule has 3 aliphatic heterocycles. The molecular formula is C26H26Cl2N8O2. The first kappa shape index (κ1) is 24.7. The van der Waals surface area contributed by atoms with Crippen molar-refractivity contribution in [3.05, 3.63) is 58.2 Å². The minimum absolute atomic E-state index is 0.336. The number of piperazine rings is 1. The van der Waals surface area contributed by atoms with Crippen molar-refractivity contribution >= 4 is 63.9 Å². The third kappa shape index (κ3) is 4.28. The number of fused-ring (bicyclic) bond motifs is 3. The molecule has 1 aromatic heterocycles. The fraction of sp³-hybridized carbons (Fsp3) is 0.308. The van der Waals surface area contributed by atoms with E-state index in [1.807, 2.05) is 23.1 Å². The lowest BCUT2D eigenvalue weighted by molar-refractivity contribution is 0.1000. The quantitative estimate of drug-likeness (QED) is 0.505. The van der Waals surface area contributed by atoms with Crippen molar-refractivity contribution in [1.82, 2.24) is 14.9 Å². The summed E-state index contributed by atoms with van der Waals surface area (Å²) in [7, 11) is 3.80. The molecule has 2 aromatic carbocycles. The van der Waals surface area contributed by atoms with E-state index >= 15 is 0 Å². The number of guanidine groups is 1. The van der Waals surface area contributed by atoms with Crippen LogP contribution in [-0.4, -0.2) is 80.2 Å². The maximum Gasteiger partial charge on any atom is 0.270 e. The number of likely N-dealkylation sites (N-methyl/N-ethyl adjacent to an activating group) is 1. The fourth-order valence-electron chi connectivity index (χ4n) is 4.93. The van der Waals surface area contributed by atoms with E-state index in [4.69, 9.17) is 32.9 Å². The van der Waals surface area contributed by atoms with E-state index < -0.39 is 0 Å². The normalized spacial score (nSPS) is 17.3. The molecule has 38 heavy (non-hydrogen) atoms. The number of aliphatic imine (C=N–C) groups is 1. The standard InChI is InChI=1S/C26H26Cl2N8O2/c1-33-10-12-34(13-11-33)20-7-6-16(14-21(20)38-2)31-25-30-15-17-23(32-25)35-9-8-29-26(35)36(24(17)37)22-18(27)4-3-5-19(22)28/h3-7,14-15H,8-13H2,1-2H3,(H,30,31,32). The highest BCUT2D eigenvalue weighted by Crippen LogP contribution is 2.40. The number of methoxy groups -OCH3 is 1. The molecule has 10 nitrogen and oxygen atoms in total. The van der Waals surface area contributed by atoms with Gasteiger partial charge in [-0.3, -0.25) is 14.7 Å². The Morgan fingerprint density at radius 1 is 1.03 bits per heavy atom. The molecule has 0 bridgehead atoms. The van der Waals surface area contributed by atoms with Crippen LogP contribution < -0.4 is 24.8 Å². The third-order valence-corrected chi connectivity index (χ3v) is 7.53. The van der Waals surface area contributed by atoms with Gasteiger partial charge >= 0.3 is 0 Å². The number of para-hydroxylation sites is 1. The Balaban J connectivity index is 1.30. The van der Waals surface area contributed by atoms with Crippen LogP contribution in [0.25, 0.3) is 0 Å². The Morgan fingerprint density at radius 3 is 2.53 bits per heavy atom. The molecule has 0 atom stereocenters. The van der Waals surface area contributed by atoms with Gasteiger partial charge in [-0.2, -0.15) is 4.98 Å². The first-order chi connectivity index (χ1) is 18.4. The Kier molecular flexibility index (Phi) is 6.46. The number of hydrogen-bond acceptors (Lipinski definition) is 9. The molecule has 0 unspecified atom stereocenters. The molecule has 196 valence electrons. The predicted molar refractivity (Wildman–Crippen MR) is 151 cm³/mol. The van der Waals surface area contributed by atoms with Crippen molar-refractivity contribution in [3.63, 3.8) is 0 Å². The van der Waals surface area contributed by atoms with Gasteiger partial charge in [-0.1, -0.05) is 29.3 Å². The summed E-state index contributed by atoms with van der Waals surface area (Å²) in [6.45, 7) is 4.98. The van der Waals surface area contributed by atoms with Gasteiger partial charge in [0.2, 0.25) is 11.9 Å². The van der Waals surface area contributed by atoms with Crippen molar-refractivity contribution in [3.8, 4) is 5.75 Å². The maximum atomic E-state index is 13.6. The van der Waals surface area contributed by atoms with E-state index in [0.29, 0.717) is 52.1 Å². The van der Waals surface area contributed by atoms with Crippen LogP contribution in [0.15, 0.2) is 47.6 Å². The molecule has 4 heterocycles. The first-order valence-electron chi connectivity index (χ1n) is 12.3. The lowest BCUT2D eigenvalue weighted by Gasteiger charge is -2.35. The van der Waals surface area contributed by atoms with Gasteiger partial charge in [0.05, 0.1) is 35.1 Å². The van der Waals surface area contributed by atoms with Crippen LogP contribution in [0, 0.1) is 0 Å². The van der Waals surface area contributed by atoms with Crippen molar-refractivity contribution in [2.24, 2.45) is 4.99 Å². The zero-order chi connectivity index (χ0) is 26.4. The van der Waals surface area contributed by atoms with E-state index in [1.165, 1.54) is 11.1 Å². The second-order valence-corrected chi connectivity index (χ2v) is 10.1. The van der Waals surface area contributed by atoms with Crippen LogP contribution in [0.1, 0.15) is 10.4 Å². The van der Waals surface area contributed by atoms with Gasteiger partial charge < -0.3 is 19.9 Å². The average Bonchev–Trinajstić information content (AvgIpc) is 3.41. The summed E-state index contributed by atoms with van der Waals surface area (Å²) in [6.07, 6.45) is 1.52. The van der Waals surface area contributed by atoms with Gasteiger partial charge in [0, 0.05) is 50.7 Å². The SMILES string of the molecule is COc1cc(Nc2ncc3c(n2)N2CCN=C2N(c2c(Cl)cccc2Cl)C3=O)ccc1N1CCN(C)CC1. The minimum atomic E-state index is -0.336. The van der Waals surface area contributed by atoms with E-state index in [1.54, 1.807) is 25.3 Å². The van der Waals surface area contributed by atoms with E-state index in [0.717, 1.165) is 43.3 Å². The summed E-state index contributed by atoms with van der Waals surface area (Å²) in [5.41, 5.74) is 2.57. The molecule has 1 amide bonds. The van der Waals surface area contributed by atoms with Crippen LogP contribution in [-0.2, 0) is 0 Å². The van der Waals surface area contributed by atoms with Crippen LogP contribution >= 0.6 is 23.2 Å². The molecule has 1 N–H and O–H groups in total. The monoisotopic (exact) mass is 552 g/mol. The highest BCUT2D eigenvalue weighted by molar-refractivity contribution is 6.43. The average molecular weight is 553 g/mol. The number of halogens is 2. The van der Waals surface area contributed by atoms with Gasteiger partial charge in [-0.25, -0.2) is 9.88 Å². The minimum Gasteiger partial charge on any atom is -0.495 e. The number of nitrogens with zero attached hydrogens (tertiary/aromatic N) is 7. The lowest BCUT2D eigenvalue weighted by atomic mass is 10.1. The molecule has 3 aliphatic rings. The number of rotatable bonds is 5. The summed E-state index contributed by atoms with van der Waals surface area (Å²) in [6, 6.07) is 11.1. The summed E-state index contributed by atoms with van der Waals surface area (Å²) in [5, 5.41) is 3.98. The smallest absolute Gasteiger partial charge is 0.270 e. The Labute approximate surface area is 230 Å². The molecule has 1 fully saturated rings. The van der Waals surface area contributed by atoms with Gasteiger partial charge in [0.25, 0.3) is 5.91 Å². The number of aromatic nitrogens is 2. The topological polar surface area (TPSA) is 89.4 Å². The summed E-state index contributed by atoms with van der Waals surface area (Å²) in [5.74, 6) is 1.73. The van der Waals surface area contributed by atoms with Crippen LogP contribution in [0.3, 0.4) is 0 Å².